The molecule has 2 spiro atoms. The zero-order chi connectivity index (χ0) is 75.8. The number of hydrogen-bond donors (Lipinski definition) is 0. The second-order valence-corrected chi connectivity index (χ2v) is 43.7. The van der Waals surface area contributed by atoms with Gasteiger partial charge >= 0.3 is 0 Å². The number of hydrogen-bond acceptors (Lipinski definition) is 4. The van der Waals surface area contributed by atoms with Crippen molar-refractivity contribution in [3.05, 3.63) is 368 Å². The molecule has 0 amide bonds. The van der Waals surface area contributed by atoms with Gasteiger partial charge in [0.2, 0.25) is 0 Å². The van der Waals surface area contributed by atoms with Crippen molar-refractivity contribution in [3.63, 3.8) is 0 Å². The van der Waals surface area contributed by atoms with Crippen LogP contribution in [0.15, 0.2) is 312 Å². The van der Waals surface area contributed by atoms with E-state index in [9.17, 15) is 0 Å². The fraction of sp³-hybridized carbons (Fsp3) is 0.176. The molecule has 0 N–H and O–H groups in total. The lowest BCUT2D eigenvalue weighted by Crippen LogP contribution is -2.74. The van der Waals surface area contributed by atoms with E-state index in [4.69, 9.17) is 9.47 Å². The van der Waals surface area contributed by atoms with Gasteiger partial charge in [0.25, 0.3) is 0 Å². The molecular weight excluding hydrogens is 1500 g/mol. The van der Waals surface area contributed by atoms with Gasteiger partial charge in [-0.25, -0.2) is 0 Å². The molecule has 110 heavy (non-hydrogen) atoms. The van der Waals surface area contributed by atoms with Gasteiger partial charge in [-0.05, 0) is 234 Å². The van der Waals surface area contributed by atoms with E-state index >= 15 is 0 Å². The van der Waals surface area contributed by atoms with E-state index in [0.29, 0.717) is 0 Å². The van der Waals surface area contributed by atoms with Crippen LogP contribution >= 0.6 is 31.9 Å². The van der Waals surface area contributed by atoms with E-state index in [-0.39, 0.29) is 27.1 Å². The highest BCUT2D eigenvalue weighted by Crippen LogP contribution is 2.55. The van der Waals surface area contributed by atoms with Gasteiger partial charge in [-0.3, -0.25) is 0 Å². The summed E-state index contributed by atoms with van der Waals surface area (Å²) in [7, 11) is -5.61. The monoisotopic (exact) mass is 1590 g/mol. The molecule has 14 aromatic rings. The summed E-state index contributed by atoms with van der Waals surface area (Å²) >= 11 is 7.62. The predicted molar refractivity (Wildman–Crippen MR) is 472 cm³/mol. The molecule has 6 heterocycles. The number of halogens is 2. The highest BCUT2D eigenvalue weighted by atomic mass is 79.9. The van der Waals surface area contributed by atoms with Crippen molar-refractivity contribution in [3.8, 4) is 45.3 Å². The zero-order valence-corrected chi connectivity index (χ0v) is 69.7. The topological polar surface area (TPSA) is 24.9 Å². The van der Waals surface area contributed by atoms with Gasteiger partial charge in [-0.15, -0.1) is 0 Å². The minimum Gasteiger partial charge on any atom is -0.458 e. The quantitative estimate of drug-likeness (QED) is 0.161. The fourth-order valence-corrected chi connectivity index (χ4v) is 31.8. The van der Waals surface area contributed by atoms with Crippen LogP contribution in [0.2, 0.25) is 0 Å². The molecule has 7 aliphatic rings. The first-order valence-corrected chi connectivity index (χ1v) is 44.4. The van der Waals surface area contributed by atoms with Crippen LogP contribution in [0.5, 0.6) is 23.0 Å². The van der Waals surface area contributed by atoms with Crippen LogP contribution in [-0.4, -0.2) is 16.1 Å². The Balaban J connectivity index is 0.000000133. The lowest BCUT2D eigenvalue weighted by atomic mass is 9.69. The van der Waals surface area contributed by atoms with Crippen LogP contribution in [0.4, 0.5) is 34.1 Å². The average Bonchev–Trinajstić information content (AvgIpc) is 1.49. The van der Waals surface area contributed by atoms with Gasteiger partial charge < -0.3 is 19.3 Å². The third-order valence-corrected chi connectivity index (χ3v) is 36.0. The normalized spacial score (nSPS) is 16.0. The van der Waals surface area contributed by atoms with E-state index < -0.39 is 16.1 Å². The predicted octanol–water partition coefficient (Wildman–Crippen LogP) is 22.6. The molecule has 0 bridgehead atoms. The molecule has 0 saturated carbocycles. The molecule has 540 valence electrons. The zero-order valence-electron chi connectivity index (χ0n) is 64.5. The molecule has 0 radical (unpaired) electrons. The Hall–Kier alpha value is -10.3. The molecule has 0 aromatic heterocycles. The fourth-order valence-electron chi connectivity index (χ4n) is 19.8. The standard InChI is InChI=1S/C54H42N2OSi.C32H30Br2OSi.C16H16/c1-53(2)39-17-5-9-21-43(39)55(44-22-10-6-18-40(44)53)35-29-31-37-38-32-30-36(56-45-23-11-7-19-41(45)54(3,4)42-20-8-12-24-46(42)56)34-52(38)58(51(37)33-35)49-27-15-13-25-47(49)57-48-26-14-16-28-50(48)58;1-31(2,3)19-7-13-27-25(15-19)35-26-16-20(32(4,5)6)8-14-28(26)36(27)29-17-21(33)9-11-23(29)24-12-10-22(34)18-30(24)36;1-16(2)14-9-5-3-7-12(14)11-13-8-4-6-10-15(13)16/h5-34H,1-4H3;7-18H,1-6H3;3-10H,11H2,1-2H3. The van der Waals surface area contributed by atoms with Crippen LogP contribution in [-0.2, 0) is 33.5 Å². The summed E-state index contributed by atoms with van der Waals surface area (Å²) in [4.78, 5) is 5.01. The molecule has 6 aliphatic heterocycles. The van der Waals surface area contributed by atoms with Crippen molar-refractivity contribution < 1.29 is 9.47 Å². The number of benzene rings is 14. The van der Waals surface area contributed by atoms with Crippen molar-refractivity contribution in [2.75, 3.05) is 9.80 Å². The number of rotatable bonds is 2. The van der Waals surface area contributed by atoms with Crippen LogP contribution in [0.1, 0.15) is 139 Å². The Labute approximate surface area is 667 Å². The van der Waals surface area contributed by atoms with Gasteiger partial charge in [0, 0.05) is 36.6 Å². The number of nitrogens with zero attached hydrogens (tertiary/aromatic N) is 2. The maximum Gasteiger partial charge on any atom is 0.189 e. The first-order valence-electron chi connectivity index (χ1n) is 38.8. The summed E-state index contributed by atoms with van der Waals surface area (Å²) in [5.74, 6) is 3.92. The van der Waals surface area contributed by atoms with Gasteiger partial charge in [0.1, 0.15) is 23.0 Å². The van der Waals surface area contributed by atoms with E-state index in [0.717, 1.165) is 38.4 Å². The minimum atomic E-state index is -2.99. The van der Waals surface area contributed by atoms with E-state index in [2.05, 4.69) is 428 Å². The number of fused-ring (bicyclic) bond motifs is 24. The van der Waals surface area contributed by atoms with Crippen LogP contribution in [0.3, 0.4) is 0 Å². The first-order chi connectivity index (χ1) is 52.9. The molecule has 0 saturated heterocycles. The summed E-state index contributed by atoms with van der Waals surface area (Å²) in [6, 6.07) is 113. The summed E-state index contributed by atoms with van der Waals surface area (Å²) < 4.78 is 15.9. The summed E-state index contributed by atoms with van der Waals surface area (Å²) in [5.41, 5.74) is 26.4. The molecule has 8 heteroatoms. The Kier molecular flexibility index (Phi) is 16.2. The number of ether oxygens (including phenoxy) is 2. The van der Waals surface area contributed by atoms with Crippen molar-refractivity contribution in [1.82, 2.24) is 0 Å². The molecule has 21 rings (SSSR count). The Morgan fingerprint density at radius 3 is 0.945 bits per heavy atom. The van der Waals surface area contributed by atoms with Crippen molar-refractivity contribution in [2.24, 2.45) is 0 Å². The largest absolute Gasteiger partial charge is 0.458 e. The molecular formula is C102H88Br2N2O2Si2. The number of anilines is 6. The summed E-state index contributed by atoms with van der Waals surface area (Å²) in [6.07, 6.45) is 1.08. The summed E-state index contributed by atoms with van der Waals surface area (Å²) in [5, 5.41) is 10.9. The lowest BCUT2D eigenvalue weighted by molar-refractivity contribution is 0.479. The summed E-state index contributed by atoms with van der Waals surface area (Å²) in [6.45, 7) is 27.7. The molecule has 0 fully saturated rings. The lowest BCUT2D eigenvalue weighted by Gasteiger charge is -2.43. The van der Waals surface area contributed by atoms with Gasteiger partial charge in [-0.1, -0.05) is 321 Å². The van der Waals surface area contributed by atoms with Crippen molar-refractivity contribution in [2.45, 2.75) is 117 Å². The first kappa shape index (κ1) is 70.1. The highest BCUT2D eigenvalue weighted by molar-refractivity contribution is 9.10. The van der Waals surface area contributed by atoms with E-state index in [1.54, 1.807) is 0 Å². The molecule has 0 unspecified atom stereocenters. The van der Waals surface area contributed by atoms with Crippen LogP contribution in [0, 0.1) is 0 Å². The van der Waals surface area contributed by atoms with Crippen LogP contribution < -0.4 is 60.8 Å². The third-order valence-electron chi connectivity index (χ3n) is 25.2. The smallest absolute Gasteiger partial charge is 0.189 e. The molecule has 4 nitrogen and oxygen atoms in total. The average molecular weight is 1590 g/mol. The van der Waals surface area contributed by atoms with Crippen LogP contribution in [0.25, 0.3) is 22.3 Å². The molecule has 0 atom stereocenters. The van der Waals surface area contributed by atoms with Crippen molar-refractivity contribution >= 4 is 124 Å². The van der Waals surface area contributed by atoms with Crippen molar-refractivity contribution in [1.29, 1.82) is 0 Å². The minimum absolute atomic E-state index is 0.0399. The molecule has 1 aliphatic carbocycles. The number of para-hydroxylation sites is 6. The Bertz CT molecular complexity index is 5700. The Morgan fingerprint density at radius 2 is 0.573 bits per heavy atom. The molecule has 14 aromatic carbocycles. The van der Waals surface area contributed by atoms with Gasteiger partial charge in [0.05, 0.1) is 22.7 Å². The maximum absolute atomic E-state index is 6.84. The Morgan fingerprint density at radius 1 is 0.282 bits per heavy atom. The van der Waals surface area contributed by atoms with Gasteiger partial charge in [-0.2, -0.15) is 0 Å². The van der Waals surface area contributed by atoms with E-state index in [1.165, 1.54) is 154 Å². The third kappa shape index (κ3) is 10.4. The maximum atomic E-state index is 6.84. The second kappa shape index (κ2) is 25.4. The van der Waals surface area contributed by atoms with E-state index in [1.807, 2.05) is 0 Å². The van der Waals surface area contributed by atoms with Gasteiger partial charge in [0.15, 0.2) is 16.1 Å². The SMILES string of the molecule is CC(C)(C)c1ccc2c(c1)Oc1cc(C(C)(C)C)ccc1[Si]21c2cc(Br)ccc2-c2ccc(Br)cc21.CC1(C)c2ccccc2Cc2ccccc21.CC1(C)c2ccccc2N(c2ccc3c(c2)[Si]2(c4ccccc4Oc4ccccc42)c2cc(N4c5ccccc5C(C)(C)c5ccccc54)ccc2-3)c2ccccc21. The highest BCUT2D eigenvalue weighted by Gasteiger charge is 2.56. The second-order valence-electron chi connectivity index (χ2n) is 34.6.